The van der Waals surface area contributed by atoms with E-state index >= 15 is 0 Å². The third-order valence-electron chi connectivity index (χ3n) is 2.74. The Labute approximate surface area is 120 Å². The number of aryl methyl sites for hydroxylation is 3. The second kappa shape index (κ2) is 5.46. The van der Waals surface area contributed by atoms with Crippen molar-refractivity contribution in [3.05, 3.63) is 34.0 Å². The van der Waals surface area contributed by atoms with Crippen LogP contribution in [0.4, 0.5) is 5.00 Å². The number of carbonyl (C=O) groups is 2. The monoisotopic (exact) mass is 293 g/mol. The van der Waals surface area contributed by atoms with Crippen molar-refractivity contribution in [3.63, 3.8) is 0 Å². The van der Waals surface area contributed by atoms with E-state index in [1.807, 2.05) is 19.9 Å². The Morgan fingerprint density at radius 3 is 2.60 bits per heavy atom. The van der Waals surface area contributed by atoms with Crippen LogP contribution in [-0.4, -0.2) is 26.8 Å². The van der Waals surface area contributed by atoms with Crippen molar-refractivity contribution in [2.45, 2.75) is 27.3 Å². The zero-order valence-electron chi connectivity index (χ0n) is 11.4. The van der Waals surface area contributed by atoms with Crippen molar-refractivity contribution in [3.8, 4) is 0 Å². The summed E-state index contributed by atoms with van der Waals surface area (Å²) in [4.78, 5) is 23.9. The summed E-state index contributed by atoms with van der Waals surface area (Å²) in [6.45, 7) is 5.58. The van der Waals surface area contributed by atoms with Gasteiger partial charge in [0.1, 0.15) is 11.5 Å². The number of nitrogens with zero attached hydrogens (tertiary/aromatic N) is 2. The third-order valence-corrected chi connectivity index (χ3v) is 3.70. The van der Waals surface area contributed by atoms with Crippen LogP contribution in [0, 0.1) is 20.8 Å². The lowest BCUT2D eigenvalue weighted by Gasteiger charge is -2.06. The van der Waals surface area contributed by atoms with Crippen LogP contribution in [0.1, 0.15) is 26.6 Å². The minimum atomic E-state index is -1.05. The first-order valence-electron chi connectivity index (χ1n) is 6.01. The highest BCUT2D eigenvalue weighted by Crippen LogP contribution is 2.27. The van der Waals surface area contributed by atoms with Gasteiger partial charge in [0.2, 0.25) is 5.91 Å². The molecule has 0 saturated heterocycles. The predicted octanol–water partition coefficient (Wildman–Crippen LogP) is 2.21. The molecule has 0 unspecified atom stereocenters. The molecule has 0 aliphatic heterocycles. The van der Waals surface area contributed by atoms with E-state index in [1.165, 1.54) is 11.3 Å². The summed E-state index contributed by atoms with van der Waals surface area (Å²) in [6.07, 6.45) is 0. The molecule has 6 nitrogen and oxygen atoms in total. The minimum absolute atomic E-state index is 0.0652. The molecule has 1 amide bonds. The van der Waals surface area contributed by atoms with Gasteiger partial charge in [-0.05, 0) is 32.9 Å². The van der Waals surface area contributed by atoms with Crippen LogP contribution in [-0.2, 0) is 11.3 Å². The number of carboxylic acids is 1. The molecule has 2 N–H and O–H groups in total. The van der Waals surface area contributed by atoms with E-state index in [4.69, 9.17) is 5.11 Å². The quantitative estimate of drug-likeness (QED) is 0.905. The molecule has 2 heterocycles. The molecule has 0 aliphatic rings. The standard InChI is InChI=1S/C13H15N3O3S/c1-7-4-8(2)16(15-7)6-11(17)14-12-10(13(18)19)5-9(3)20-12/h4-5H,6H2,1-3H3,(H,14,17)(H,18,19). The fourth-order valence-electron chi connectivity index (χ4n) is 1.90. The molecular weight excluding hydrogens is 278 g/mol. The van der Waals surface area contributed by atoms with Crippen LogP contribution in [0.5, 0.6) is 0 Å². The molecule has 106 valence electrons. The smallest absolute Gasteiger partial charge is 0.338 e. The van der Waals surface area contributed by atoms with Crippen molar-refractivity contribution >= 4 is 28.2 Å². The second-order valence-electron chi connectivity index (χ2n) is 4.54. The number of carboxylic acid groups (broad SMARTS) is 1. The van der Waals surface area contributed by atoms with Gasteiger partial charge in [0.25, 0.3) is 0 Å². The molecule has 2 aromatic rings. The summed E-state index contributed by atoms with van der Waals surface area (Å²) in [6, 6.07) is 3.43. The van der Waals surface area contributed by atoms with Gasteiger partial charge in [-0.25, -0.2) is 4.79 Å². The maximum Gasteiger partial charge on any atom is 0.338 e. The predicted molar refractivity (Wildman–Crippen MR) is 76.3 cm³/mol. The van der Waals surface area contributed by atoms with Crippen molar-refractivity contribution in [2.24, 2.45) is 0 Å². The molecule has 0 aromatic carbocycles. The van der Waals surface area contributed by atoms with Gasteiger partial charge in [0, 0.05) is 10.6 Å². The lowest BCUT2D eigenvalue weighted by Crippen LogP contribution is -2.20. The summed E-state index contributed by atoms with van der Waals surface area (Å²) in [5, 5.41) is 16.3. The zero-order chi connectivity index (χ0) is 14.9. The van der Waals surface area contributed by atoms with Gasteiger partial charge in [-0.1, -0.05) is 0 Å². The highest BCUT2D eigenvalue weighted by Gasteiger charge is 2.16. The molecule has 0 saturated carbocycles. The highest BCUT2D eigenvalue weighted by atomic mass is 32.1. The van der Waals surface area contributed by atoms with Crippen molar-refractivity contribution in [1.29, 1.82) is 0 Å². The van der Waals surface area contributed by atoms with Gasteiger partial charge in [0.15, 0.2) is 0 Å². The highest BCUT2D eigenvalue weighted by molar-refractivity contribution is 7.16. The molecule has 2 aromatic heterocycles. The number of thiophene rings is 1. The number of nitrogens with one attached hydrogen (secondary N) is 1. The summed E-state index contributed by atoms with van der Waals surface area (Å²) >= 11 is 1.25. The number of amides is 1. The van der Waals surface area contributed by atoms with E-state index in [0.717, 1.165) is 16.3 Å². The number of hydrogen-bond acceptors (Lipinski definition) is 4. The van der Waals surface area contributed by atoms with Gasteiger partial charge in [-0.2, -0.15) is 5.10 Å². The van der Waals surface area contributed by atoms with Crippen LogP contribution in [0.3, 0.4) is 0 Å². The number of aromatic carboxylic acids is 1. The fraction of sp³-hybridized carbons (Fsp3) is 0.308. The summed E-state index contributed by atoms with van der Waals surface area (Å²) in [7, 11) is 0. The first-order chi connectivity index (χ1) is 9.36. The van der Waals surface area contributed by atoms with Gasteiger partial charge in [-0.3, -0.25) is 9.48 Å². The lowest BCUT2D eigenvalue weighted by atomic mass is 10.3. The summed E-state index contributed by atoms with van der Waals surface area (Å²) in [5.74, 6) is -1.34. The molecule has 0 aliphatic carbocycles. The molecule has 0 bridgehead atoms. The fourth-order valence-corrected chi connectivity index (χ4v) is 2.82. The van der Waals surface area contributed by atoms with Crippen LogP contribution in [0.2, 0.25) is 0 Å². The van der Waals surface area contributed by atoms with Crippen LogP contribution in [0.15, 0.2) is 12.1 Å². The molecule has 0 radical (unpaired) electrons. The Kier molecular flexibility index (Phi) is 3.89. The maximum atomic E-state index is 12.0. The first kappa shape index (κ1) is 14.3. The second-order valence-corrected chi connectivity index (χ2v) is 5.79. The van der Waals surface area contributed by atoms with E-state index in [0.29, 0.717) is 5.00 Å². The van der Waals surface area contributed by atoms with Crippen LogP contribution in [0.25, 0.3) is 0 Å². The van der Waals surface area contributed by atoms with E-state index in [2.05, 4.69) is 10.4 Å². The van der Waals surface area contributed by atoms with E-state index < -0.39 is 5.97 Å². The largest absolute Gasteiger partial charge is 0.478 e. The first-order valence-corrected chi connectivity index (χ1v) is 6.83. The number of anilines is 1. The molecule has 0 spiro atoms. The number of hydrogen-bond donors (Lipinski definition) is 2. The van der Waals surface area contributed by atoms with Gasteiger partial charge >= 0.3 is 5.97 Å². The van der Waals surface area contributed by atoms with E-state index in [1.54, 1.807) is 17.7 Å². The maximum absolute atomic E-state index is 12.0. The Morgan fingerprint density at radius 1 is 1.35 bits per heavy atom. The number of rotatable bonds is 4. The zero-order valence-corrected chi connectivity index (χ0v) is 12.2. The normalized spacial score (nSPS) is 10.6. The van der Waals surface area contributed by atoms with Crippen molar-refractivity contribution in [1.82, 2.24) is 9.78 Å². The Balaban J connectivity index is 2.12. The Hall–Kier alpha value is -2.15. The molecular formula is C13H15N3O3S. The number of carbonyl (C=O) groups excluding carboxylic acids is 1. The van der Waals surface area contributed by atoms with Gasteiger partial charge in [0.05, 0.1) is 11.3 Å². The molecule has 20 heavy (non-hydrogen) atoms. The van der Waals surface area contributed by atoms with E-state index in [-0.39, 0.29) is 18.0 Å². The van der Waals surface area contributed by atoms with Crippen LogP contribution >= 0.6 is 11.3 Å². The lowest BCUT2D eigenvalue weighted by molar-refractivity contribution is -0.116. The Morgan fingerprint density at radius 2 is 2.05 bits per heavy atom. The third kappa shape index (κ3) is 3.05. The van der Waals surface area contributed by atoms with E-state index in [9.17, 15) is 9.59 Å². The SMILES string of the molecule is Cc1cc(C)n(CC(=O)Nc2sc(C)cc2C(=O)O)n1. The average Bonchev–Trinajstić information content (AvgIpc) is 2.82. The molecule has 0 atom stereocenters. The molecule has 2 rings (SSSR count). The topological polar surface area (TPSA) is 84.2 Å². The van der Waals surface area contributed by atoms with Gasteiger partial charge in [-0.15, -0.1) is 11.3 Å². The summed E-state index contributed by atoms with van der Waals surface area (Å²) in [5.41, 5.74) is 1.85. The molecule has 7 heteroatoms. The average molecular weight is 293 g/mol. The van der Waals surface area contributed by atoms with Crippen molar-refractivity contribution < 1.29 is 14.7 Å². The minimum Gasteiger partial charge on any atom is -0.478 e. The van der Waals surface area contributed by atoms with Gasteiger partial charge < -0.3 is 10.4 Å². The Bertz CT molecular complexity index is 672. The molecule has 0 fully saturated rings. The van der Waals surface area contributed by atoms with Crippen molar-refractivity contribution in [2.75, 3.05) is 5.32 Å². The number of aromatic nitrogens is 2. The van der Waals surface area contributed by atoms with Crippen LogP contribution < -0.4 is 5.32 Å². The summed E-state index contributed by atoms with van der Waals surface area (Å²) < 4.78 is 1.59.